The average molecular weight is 374 g/mol. The van der Waals surface area contributed by atoms with Gasteiger partial charge in [-0.25, -0.2) is 0 Å². The molecule has 0 spiro atoms. The first kappa shape index (κ1) is 19.8. The molecule has 2 fully saturated rings. The third-order valence-corrected chi connectivity index (χ3v) is 6.63. The first-order chi connectivity index (χ1) is 12.4. The quantitative estimate of drug-likeness (QED) is 0.560. The molecule has 3 rings (SSSR count). The number of esters is 1. The van der Waals surface area contributed by atoms with Crippen molar-refractivity contribution in [1.82, 2.24) is 0 Å². The second-order valence-electron chi connectivity index (χ2n) is 8.58. The zero-order valence-corrected chi connectivity index (χ0v) is 17.1. The first-order valence-corrected chi connectivity index (χ1v) is 11.0. The number of hydrogen-bond donors (Lipinski definition) is 0. The number of carbonyl (C=O) groups is 1. The van der Waals surface area contributed by atoms with Crippen molar-refractivity contribution in [2.75, 3.05) is 6.61 Å². The molecule has 1 saturated carbocycles. The highest BCUT2D eigenvalue weighted by atomic mass is 32.2. The number of benzene rings is 1. The van der Waals surface area contributed by atoms with Crippen LogP contribution in [-0.4, -0.2) is 36.8 Å². The normalized spacial score (nSPS) is 26.6. The van der Waals surface area contributed by atoms with E-state index in [1.807, 2.05) is 11.8 Å². The van der Waals surface area contributed by atoms with Gasteiger partial charge in [0.15, 0.2) is 7.28 Å². The van der Waals surface area contributed by atoms with E-state index in [9.17, 15) is 4.79 Å². The molecule has 1 aliphatic heterocycles. The van der Waals surface area contributed by atoms with Gasteiger partial charge < -0.3 is 9.47 Å². The molecule has 26 heavy (non-hydrogen) atoms. The van der Waals surface area contributed by atoms with Gasteiger partial charge in [-0.1, -0.05) is 42.6 Å². The molecule has 0 bridgehead atoms. The van der Waals surface area contributed by atoms with Crippen LogP contribution in [0.3, 0.4) is 0 Å². The van der Waals surface area contributed by atoms with Crippen molar-refractivity contribution in [3.05, 3.63) is 29.8 Å². The standard InChI is InChI=1S/C21H31BO3S/c1-21(2,3)25-18-6-4-5-7-19(18)26-14-15-8-10-16(11-9-15)22-17-12-13-24-20(17)23/h8-11,17-19,22H,4-7,12-14H2,1-3H3/t17?,18-,19+/m1/s1. The van der Waals surface area contributed by atoms with E-state index < -0.39 is 0 Å². The van der Waals surface area contributed by atoms with Crippen LogP contribution in [0.2, 0.25) is 5.82 Å². The molecule has 142 valence electrons. The third-order valence-electron chi connectivity index (χ3n) is 5.16. The van der Waals surface area contributed by atoms with E-state index in [2.05, 4.69) is 45.0 Å². The van der Waals surface area contributed by atoms with E-state index >= 15 is 0 Å². The molecule has 0 amide bonds. The molecule has 5 heteroatoms. The Morgan fingerprint density at radius 1 is 1.15 bits per heavy atom. The summed E-state index contributed by atoms with van der Waals surface area (Å²) < 4.78 is 11.4. The lowest BCUT2D eigenvalue weighted by Gasteiger charge is -2.36. The average Bonchev–Trinajstić information content (AvgIpc) is 2.99. The van der Waals surface area contributed by atoms with Gasteiger partial charge in [-0.3, -0.25) is 4.79 Å². The number of carbonyl (C=O) groups excluding carboxylic acids is 1. The molecule has 1 saturated heterocycles. The van der Waals surface area contributed by atoms with Gasteiger partial charge in [-0.15, -0.1) is 0 Å². The topological polar surface area (TPSA) is 35.5 Å². The maximum atomic E-state index is 11.6. The summed E-state index contributed by atoms with van der Waals surface area (Å²) in [6.07, 6.45) is 6.28. The minimum absolute atomic E-state index is 0.0354. The summed E-state index contributed by atoms with van der Waals surface area (Å²) in [7, 11) is 0.802. The van der Waals surface area contributed by atoms with Crippen LogP contribution < -0.4 is 5.46 Å². The number of rotatable bonds is 6. The Labute approximate surface area is 162 Å². The molecule has 1 aromatic rings. The number of ether oxygens (including phenoxy) is 2. The Balaban J connectivity index is 1.51. The molecule has 1 unspecified atom stereocenters. The Kier molecular flexibility index (Phi) is 6.73. The lowest BCUT2D eigenvalue weighted by molar-refractivity contribution is -0.137. The Hall–Kier alpha value is -0.935. The van der Waals surface area contributed by atoms with Crippen LogP contribution >= 0.6 is 11.8 Å². The van der Waals surface area contributed by atoms with Gasteiger partial charge in [-0.2, -0.15) is 11.8 Å². The Morgan fingerprint density at radius 2 is 1.88 bits per heavy atom. The summed E-state index contributed by atoms with van der Waals surface area (Å²) in [5, 5.41) is 0.593. The Morgan fingerprint density at radius 3 is 2.54 bits per heavy atom. The van der Waals surface area contributed by atoms with Crippen LogP contribution in [0.25, 0.3) is 0 Å². The van der Waals surface area contributed by atoms with Gasteiger partial charge in [0, 0.05) is 16.8 Å². The van der Waals surface area contributed by atoms with Crippen LogP contribution in [0, 0.1) is 0 Å². The molecular formula is C21H31BO3S. The van der Waals surface area contributed by atoms with Gasteiger partial charge in [0.1, 0.15) is 0 Å². The van der Waals surface area contributed by atoms with Crippen molar-refractivity contribution in [2.45, 2.75) is 81.4 Å². The number of cyclic esters (lactones) is 1. The zero-order valence-electron chi connectivity index (χ0n) is 16.3. The van der Waals surface area contributed by atoms with E-state index in [-0.39, 0.29) is 17.4 Å². The summed E-state index contributed by atoms with van der Waals surface area (Å²) >= 11 is 2.04. The fourth-order valence-corrected chi connectivity index (χ4v) is 5.16. The summed E-state index contributed by atoms with van der Waals surface area (Å²) in [4.78, 5) is 11.6. The van der Waals surface area contributed by atoms with Gasteiger partial charge >= 0.3 is 5.97 Å². The second-order valence-corrected chi connectivity index (χ2v) is 9.80. The summed E-state index contributed by atoms with van der Waals surface area (Å²) in [5.74, 6) is 1.04. The molecular weight excluding hydrogens is 343 g/mol. The first-order valence-electron chi connectivity index (χ1n) is 9.94. The molecule has 1 aromatic carbocycles. The van der Waals surface area contributed by atoms with Crippen molar-refractivity contribution in [1.29, 1.82) is 0 Å². The predicted octanol–water partition coefficient (Wildman–Crippen LogP) is 3.84. The maximum absolute atomic E-state index is 11.6. The van der Waals surface area contributed by atoms with Crippen molar-refractivity contribution < 1.29 is 14.3 Å². The van der Waals surface area contributed by atoms with Crippen molar-refractivity contribution >= 4 is 30.5 Å². The van der Waals surface area contributed by atoms with Gasteiger partial charge in [-0.05, 0) is 45.6 Å². The van der Waals surface area contributed by atoms with Crippen LogP contribution in [-0.2, 0) is 20.0 Å². The predicted molar refractivity (Wildman–Crippen MR) is 111 cm³/mol. The molecule has 3 atom stereocenters. The van der Waals surface area contributed by atoms with Crippen molar-refractivity contribution in [3.63, 3.8) is 0 Å². The smallest absolute Gasteiger partial charge is 0.301 e. The van der Waals surface area contributed by atoms with E-state index in [4.69, 9.17) is 9.47 Å². The van der Waals surface area contributed by atoms with E-state index in [1.54, 1.807) is 0 Å². The van der Waals surface area contributed by atoms with Crippen LogP contribution in [0.15, 0.2) is 24.3 Å². The maximum Gasteiger partial charge on any atom is 0.301 e. The fourth-order valence-electron chi connectivity index (χ4n) is 3.82. The molecule has 2 aliphatic rings. The molecule has 0 N–H and O–H groups in total. The zero-order chi connectivity index (χ0) is 18.6. The highest BCUT2D eigenvalue weighted by Crippen LogP contribution is 2.34. The number of hydrogen-bond acceptors (Lipinski definition) is 4. The lowest BCUT2D eigenvalue weighted by Crippen LogP contribution is -2.36. The molecule has 1 aliphatic carbocycles. The van der Waals surface area contributed by atoms with Gasteiger partial charge in [0.2, 0.25) is 0 Å². The summed E-state index contributed by atoms with van der Waals surface area (Å²) in [6, 6.07) is 8.77. The Bertz CT molecular complexity index is 596. The van der Waals surface area contributed by atoms with E-state index in [1.165, 1.54) is 36.7 Å². The second kappa shape index (κ2) is 8.84. The summed E-state index contributed by atoms with van der Waals surface area (Å²) in [6.45, 7) is 7.05. The minimum Gasteiger partial charge on any atom is -0.466 e. The summed E-state index contributed by atoms with van der Waals surface area (Å²) in [5.41, 5.74) is 2.52. The van der Waals surface area contributed by atoms with E-state index in [0.717, 1.165) is 19.5 Å². The SMILES string of the molecule is CC(C)(C)O[C@@H]1CCCC[C@@H]1SCc1ccc(BC2CCOC2=O)cc1. The third kappa shape index (κ3) is 5.78. The highest BCUT2D eigenvalue weighted by molar-refractivity contribution is 7.99. The van der Waals surface area contributed by atoms with Crippen LogP contribution in [0.4, 0.5) is 0 Å². The van der Waals surface area contributed by atoms with E-state index in [0.29, 0.717) is 18.0 Å². The minimum atomic E-state index is -0.0656. The van der Waals surface area contributed by atoms with Crippen LogP contribution in [0.5, 0.6) is 0 Å². The largest absolute Gasteiger partial charge is 0.466 e. The number of thioether (sulfide) groups is 1. The monoisotopic (exact) mass is 374 g/mol. The molecule has 1 heterocycles. The highest BCUT2D eigenvalue weighted by Gasteiger charge is 2.30. The van der Waals surface area contributed by atoms with Crippen LogP contribution in [0.1, 0.15) is 58.4 Å². The van der Waals surface area contributed by atoms with Crippen molar-refractivity contribution in [3.8, 4) is 0 Å². The molecule has 0 aromatic heterocycles. The lowest BCUT2D eigenvalue weighted by atomic mass is 9.58. The van der Waals surface area contributed by atoms with Gasteiger partial charge in [0.05, 0.1) is 18.3 Å². The molecule has 3 nitrogen and oxygen atoms in total. The van der Waals surface area contributed by atoms with Gasteiger partial charge in [0.25, 0.3) is 0 Å². The van der Waals surface area contributed by atoms with Crippen molar-refractivity contribution in [2.24, 2.45) is 0 Å². The molecule has 0 radical (unpaired) electrons. The fraction of sp³-hybridized carbons (Fsp3) is 0.667.